The highest BCUT2D eigenvalue weighted by atomic mass is 32.2. The molecule has 1 saturated carbocycles. The van der Waals surface area contributed by atoms with Crippen molar-refractivity contribution in [1.29, 1.82) is 0 Å². The molecule has 0 aromatic heterocycles. The molecule has 1 unspecified atom stereocenters. The maximum atomic E-state index is 13.8. The quantitative estimate of drug-likeness (QED) is 0.870. The molecule has 1 aliphatic carbocycles. The zero-order valence-electron chi connectivity index (χ0n) is 11.3. The van der Waals surface area contributed by atoms with Crippen molar-refractivity contribution in [2.45, 2.75) is 37.6 Å². The first-order valence-corrected chi connectivity index (χ1v) is 7.73. The Hall–Kier alpha value is -1.47. The molecule has 1 fully saturated rings. The molecule has 0 spiro atoms. The number of nitrogens with one attached hydrogen (secondary N) is 1. The maximum absolute atomic E-state index is 13.8. The molecule has 2 rings (SSSR count). The van der Waals surface area contributed by atoms with Gasteiger partial charge in [0.25, 0.3) is 15.9 Å². The van der Waals surface area contributed by atoms with Crippen molar-refractivity contribution in [3.63, 3.8) is 0 Å². The van der Waals surface area contributed by atoms with Gasteiger partial charge in [0, 0.05) is 0 Å². The molecule has 0 radical (unpaired) electrons. The third kappa shape index (κ3) is 2.69. The topological polar surface area (TPSA) is 89.3 Å². The van der Waals surface area contributed by atoms with Crippen LogP contribution in [0.4, 0.5) is 4.39 Å². The van der Waals surface area contributed by atoms with Crippen LogP contribution in [0, 0.1) is 18.2 Å². The summed E-state index contributed by atoms with van der Waals surface area (Å²) in [6.45, 7) is 3.27. The van der Waals surface area contributed by atoms with Gasteiger partial charge >= 0.3 is 0 Å². The number of hydrogen-bond acceptors (Lipinski definition) is 4. The lowest BCUT2D eigenvalue weighted by atomic mass is 10.00. The van der Waals surface area contributed by atoms with E-state index in [1.807, 2.05) is 11.6 Å². The summed E-state index contributed by atoms with van der Waals surface area (Å²) in [6, 6.07) is 3.07. The second-order valence-electron chi connectivity index (χ2n) is 5.49. The molecule has 0 saturated heterocycles. The first kappa shape index (κ1) is 14.9. The van der Waals surface area contributed by atoms with Crippen LogP contribution in [-0.4, -0.2) is 20.4 Å². The highest BCUT2D eigenvalue weighted by Gasteiger charge is 2.47. The molecule has 20 heavy (non-hydrogen) atoms. The molecule has 1 aromatic rings. The van der Waals surface area contributed by atoms with Gasteiger partial charge in [-0.3, -0.25) is 4.79 Å². The van der Waals surface area contributed by atoms with Gasteiger partial charge in [0.1, 0.15) is 10.7 Å². The van der Waals surface area contributed by atoms with Crippen LogP contribution in [0.3, 0.4) is 0 Å². The molecule has 0 bridgehead atoms. The SMILES string of the molecule is Cc1cccc(S(=O)(=O)NC(=O)C(N)C2(C)CC2)c1F. The molecule has 1 aliphatic rings. The van der Waals surface area contributed by atoms with Crippen LogP contribution in [0.1, 0.15) is 25.3 Å². The van der Waals surface area contributed by atoms with Crippen LogP contribution in [0.25, 0.3) is 0 Å². The summed E-state index contributed by atoms with van der Waals surface area (Å²) in [5.74, 6) is -1.66. The number of carbonyl (C=O) groups excluding carboxylic acids is 1. The van der Waals surface area contributed by atoms with Gasteiger partial charge in [0.15, 0.2) is 0 Å². The summed E-state index contributed by atoms with van der Waals surface area (Å²) in [4.78, 5) is 11.3. The van der Waals surface area contributed by atoms with E-state index < -0.39 is 32.7 Å². The summed E-state index contributed by atoms with van der Waals surface area (Å²) in [7, 11) is -4.24. The number of hydrogen-bond donors (Lipinski definition) is 2. The number of rotatable bonds is 4. The molecule has 1 atom stereocenters. The molecule has 1 aromatic carbocycles. The van der Waals surface area contributed by atoms with Crippen molar-refractivity contribution >= 4 is 15.9 Å². The summed E-state index contributed by atoms with van der Waals surface area (Å²) in [6.07, 6.45) is 1.56. The average Bonchev–Trinajstić information content (AvgIpc) is 3.10. The Balaban J connectivity index is 2.23. The number of aryl methyl sites for hydroxylation is 1. The first-order chi connectivity index (χ1) is 9.17. The summed E-state index contributed by atoms with van der Waals surface area (Å²) >= 11 is 0. The molecule has 1 amide bonds. The first-order valence-electron chi connectivity index (χ1n) is 6.25. The van der Waals surface area contributed by atoms with E-state index in [-0.39, 0.29) is 11.0 Å². The van der Waals surface area contributed by atoms with E-state index in [1.54, 1.807) is 0 Å². The Kier molecular flexibility index (Phi) is 3.60. The van der Waals surface area contributed by atoms with Crippen LogP contribution in [0.15, 0.2) is 23.1 Å². The number of nitrogens with two attached hydrogens (primary N) is 1. The van der Waals surface area contributed by atoms with Crippen LogP contribution in [0.2, 0.25) is 0 Å². The van der Waals surface area contributed by atoms with E-state index >= 15 is 0 Å². The van der Waals surface area contributed by atoms with E-state index in [1.165, 1.54) is 19.1 Å². The lowest BCUT2D eigenvalue weighted by molar-refractivity contribution is -0.121. The minimum Gasteiger partial charge on any atom is -0.319 e. The van der Waals surface area contributed by atoms with Gasteiger partial charge in [-0.05, 0) is 36.8 Å². The number of benzene rings is 1. The fourth-order valence-corrected chi connectivity index (χ4v) is 3.06. The summed E-state index contributed by atoms with van der Waals surface area (Å²) in [5, 5.41) is 0. The lowest BCUT2D eigenvalue weighted by Gasteiger charge is -2.18. The van der Waals surface area contributed by atoms with Crippen molar-refractivity contribution in [2.75, 3.05) is 0 Å². The third-order valence-corrected chi connectivity index (χ3v) is 5.12. The largest absolute Gasteiger partial charge is 0.319 e. The minimum atomic E-state index is -4.24. The van der Waals surface area contributed by atoms with Crippen molar-refractivity contribution in [2.24, 2.45) is 11.1 Å². The van der Waals surface area contributed by atoms with E-state index in [2.05, 4.69) is 0 Å². The average molecular weight is 300 g/mol. The molecular weight excluding hydrogens is 283 g/mol. The second-order valence-corrected chi connectivity index (χ2v) is 7.14. The van der Waals surface area contributed by atoms with Gasteiger partial charge < -0.3 is 5.73 Å². The van der Waals surface area contributed by atoms with Gasteiger partial charge in [-0.2, -0.15) is 0 Å². The van der Waals surface area contributed by atoms with Gasteiger partial charge in [0.05, 0.1) is 6.04 Å². The molecule has 0 aliphatic heterocycles. The van der Waals surface area contributed by atoms with E-state index in [4.69, 9.17) is 5.73 Å². The molecule has 5 nitrogen and oxygen atoms in total. The number of halogens is 1. The zero-order chi connectivity index (χ0) is 15.1. The fourth-order valence-electron chi connectivity index (χ4n) is 1.90. The van der Waals surface area contributed by atoms with Gasteiger partial charge in [-0.15, -0.1) is 0 Å². The van der Waals surface area contributed by atoms with Crippen LogP contribution < -0.4 is 10.5 Å². The van der Waals surface area contributed by atoms with Gasteiger partial charge in [-0.1, -0.05) is 19.1 Å². The Morgan fingerprint density at radius 3 is 2.60 bits per heavy atom. The molecular formula is C13H17FN2O3S. The standard InChI is InChI=1S/C13H17FN2O3S/c1-8-4-3-5-9(10(8)14)20(18,19)16-12(17)11(15)13(2)6-7-13/h3-5,11H,6-7,15H2,1-2H3,(H,16,17). The predicted molar refractivity (Wildman–Crippen MR) is 71.8 cm³/mol. The highest BCUT2D eigenvalue weighted by molar-refractivity contribution is 7.90. The number of sulfonamides is 1. The van der Waals surface area contributed by atoms with Crippen LogP contribution in [0.5, 0.6) is 0 Å². The highest BCUT2D eigenvalue weighted by Crippen LogP contribution is 2.47. The fraction of sp³-hybridized carbons (Fsp3) is 0.462. The smallest absolute Gasteiger partial charge is 0.267 e. The van der Waals surface area contributed by atoms with Gasteiger partial charge in [0.2, 0.25) is 0 Å². The Morgan fingerprint density at radius 1 is 1.45 bits per heavy atom. The molecule has 110 valence electrons. The van der Waals surface area contributed by atoms with Gasteiger partial charge in [-0.25, -0.2) is 17.5 Å². The molecule has 3 N–H and O–H groups in total. The molecule has 7 heteroatoms. The minimum absolute atomic E-state index is 0.193. The molecule has 0 heterocycles. The second kappa shape index (κ2) is 4.82. The van der Waals surface area contributed by atoms with Crippen molar-refractivity contribution in [3.8, 4) is 0 Å². The van der Waals surface area contributed by atoms with Crippen molar-refractivity contribution in [3.05, 3.63) is 29.6 Å². The van der Waals surface area contributed by atoms with E-state index in [0.717, 1.165) is 18.9 Å². The normalized spacial score (nSPS) is 18.4. The Morgan fingerprint density at radius 2 is 2.05 bits per heavy atom. The number of carbonyl (C=O) groups is 1. The predicted octanol–water partition coefficient (Wildman–Crippen LogP) is 1.07. The summed E-state index contributed by atoms with van der Waals surface area (Å²) < 4.78 is 39.8. The maximum Gasteiger partial charge on any atom is 0.267 e. The van der Waals surface area contributed by atoms with E-state index in [0.29, 0.717) is 0 Å². The zero-order valence-corrected chi connectivity index (χ0v) is 12.1. The van der Waals surface area contributed by atoms with Crippen molar-refractivity contribution < 1.29 is 17.6 Å². The monoisotopic (exact) mass is 300 g/mol. The lowest BCUT2D eigenvalue weighted by Crippen LogP contribution is -2.47. The Bertz CT molecular complexity index is 654. The van der Waals surface area contributed by atoms with Crippen LogP contribution in [-0.2, 0) is 14.8 Å². The Labute approximate surface area is 117 Å². The van der Waals surface area contributed by atoms with Crippen LogP contribution >= 0.6 is 0 Å². The number of amides is 1. The van der Waals surface area contributed by atoms with Crippen molar-refractivity contribution in [1.82, 2.24) is 4.72 Å². The van der Waals surface area contributed by atoms with E-state index in [9.17, 15) is 17.6 Å². The summed E-state index contributed by atoms with van der Waals surface area (Å²) in [5.41, 5.74) is 5.58. The third-order valence-electron chi connectivity index (χ3n) is 3.75.